The quantitative estimate of drug-likeness (QED) is 0.404. The Labute approximate surface area is 230 Å². The molecule has 2 N–H and O–H groups in total. The molecule has 0 fully saturated rings. The number of aliphatic hydroxyl groups excluding tert-OH is 1. The summed E-state index contributed by atoms with van der Waals surface area (Å²) in [6, 6.07) is 7.48. The van der Waals surface area contributed by atoms with Crippen LogP contribution in [0.4, 0.5) is 19.1 Å². The first-order valence-electron chi connectivity index (χ1n) is 12.7. The lowest BCUT2D eigenvalue weighted by atomic mass is 9.99. The van der Waals surface area contributed by atoms with E-state index in [1.54, 1.807) is 30.0 Å². The van der Waals surface area contributed by atoms with Gasteiger partial charge in [-0.2, -0.15) is 13.2 Å². The zero-order chi connectivity index (χ0) is 29.4. The molecule has 0 saturated heterocycles. The van der Waals surface area contributed by atoms with Crippen molar-refractivity contribution in [1.29, 1.82) is 0 Å². The van der Waals surface area contributed by atoms with Crippen LogP contribution >= 0.6 is 0 Å². The highest BCUT2D eigenvalue weighted by Crippen LogP contribution is 2.41. The fourth-order valence-electron chi connectivity index (χ4n) is 4.66. The number of anilines is 1. The summed E-state index contributed by atoms with van der Waals surface area (Å²) in [5.74, 6) is -0.626. The van der Waals surface area contributed by atoms with E-state index in [9.17, 15) is 31.5 Å². The molecule has 0 bridgehead atoms. The number of rotatable bonds is 8. The van der Waals surface area contributed by atoms with Gasteiger partial charge in [0.1, 0.15) is 0 Å². The highest BCUT2D eigenvalue weighted by molar-refractivity contribution is 7.91. The molecule has 1 amide bonds. The van der Waals surface area contributed by atoms with Crippen molar-refractivity contribution in [1.82, 2.24) is 20.3 Å². The van der Waals surface area contributed by atoms with E-state index in [0.717, 1.165) is 6.20 Å². The number of alkyl halides is 3. The summed E-state index contributed by atoms with van der Waals surface area (Å²) in [5.41, 5.74) is 0.664. The van der Waals surface area contributed by atoms with Gasteiger partial charge < -0.3 is 15.3 Å². The first kappa shape index (κ1) is 29.4. The summed E-state index contributed by atoms with van der Waals surface area (Å²) in [4.78, 5) is 27.1. The number of carbonyl (C=O) groups excluding carboxylic acids is 1. The number of aliphatic hydroxyl groups is 1. The second-order valence-electron chi connectivity index (χ2n) is 9.96. The van der Waals surface area contributed by atoms with Gasteiger partial charge in [0, 0.05) is 31.0 Å². The third kappa shape index (κ3) is 5.94. The fraction of sp³-hybridized carbons (Fsp3) is 0.407. The molecule has 3 aromatic rings. The van der Waals surface area contributed by atoms with Gasteiger partial charge in [0.2, 0.25) is 5.95 Å². The monoisotopic (exact) mass is 577 g/mol. The molecule has 0 aliphatic carbocycles. The van der Waals surface area contributed by atoms with Crippen molar-refractivity contribution in [2.24, 2.45) is 5.92 Å². The van der Waals surface area contributed by atoms with Crippen LogP contribution in [0.1, 0.15) is 78.3 Å². The lowest BCUT2D eigenvalue weighted by Crippen LogP contribution is -2.29. The summed E-state index contributed by atoms with van der Waals surface area (Å²) < 4.78 is 65.1. The van der Waals surface area contributed by atoms with E-state index in [2.05, 4.69) is 20.3 Å². The molecule has 2 aromatic heterocycles. The number of aromatic nitrogens is 3. The lowest BCUT2D eigenvalue weighted by molar-refractivity contribution is -0.142. The average Bonchev–Trinajstić information content (AvgIpc) is 3.30. The van der Waals surface area contributed by atoms with Gasteiger partial charge in [-0.25, -0.2) is 18.4 Å². The topological polar surface area (TPSA) is 125 Å². The molecule has 3 heterocycles. The van der Waals surface area contributed by atoms with Crippen LogP contribution in [-0.4, -0.2) is 40.1 Å². The number of hydrogen-bond acceptors (Lipinski definition) is 8. The number of nitrogens with zero attached hydrogens (tertiary/aromatic N) is 4. The number of pyridine rings is 1. The van der Waals surface area contributed by atoms with Gasteiger partial charge in [-0.15, -0.1) is 0 Å². The average molecular weight is 578 g/mol. The Morgan fingerprint density at radius 1 is 1.15 bits per heavy atom. The van der Waals surface area contributed by atoms with Crippen molar-refractivity contribution < 1.29 is 31.5 Å². The predicted molar refractivity (Wildman–Crippen MR) is 141 cm³/mol. The zero-order valence-corrected chi connectivity index (χ0v) is 23.2. The van der Waals surface area contributed by atoms with Gasteiger partial charge in [0.05, 0.1) is 34.1 Å². The van der Waals surface area contributed by atoms with Crippen LogP contribution in [0.3, 0.4) is 0 Å². The van der Waals surface area contributed by atoms with Gasteiger partial charge in [-0.1, -0.05) is 32.9 Å². The largest absolute Gasteiger partial charge is 0.433 e. The highest BCUT2D eigenvalue weighted by Gasteiger charge is 2.40. The third-order valence-electron chi connectivity index (χ3n) is 6.75. The summed E-state index contributed by atoms with van der Waals surface area (Å²) in [6.07, 6.45) is -3.76. The van der Waals surface area contributed by atoms with Crippen molar-refractivity contribution in [3.63, 3.8) is 0 Å². The maximum atomic E-state index is 13.7. The van der Waals surface area contributed by atoms with E-state index in [1.165, 1.54) is 25.3 Å². The molecule has 0 spiro atoms. The first-order chi connectivity index (χ1) is 18.7. The summed E-state index contributed by atoms with van der Waals surface area (Å²) >= 11 is 0. The molecule has 13 heteroatoms. The first-order valence-corrected chi connectivity index (χ1v) is 14.4. The van der Waals surface area contributed by atoms with Gasteiger partial charge in [0.15, 0.2) is 15.5 Å². The van der Waals surface area contributed by atoms with Crippen LogP contribution < -0.4 is 10.2 Å². The van der Waals surface area contributed by atoms with Gasteiger partial charge in [0.25, 0.3) is 5.91 Å². The molecule has 4 rings (SSSR count). The second-order valence-corrected chi connectivity index (χ2v) is 12.2. The van der Waals surface area contributed by atoms with Crippen molar-refractivity contribution >= 4 is 21.7 Å². The Morgan fingerprint density at radius 3 is 2.40 bits per heavy atom. The van der Waals surface area contributed by atoms with Crippen LogP contribution in [0, 0.1) is 5.92 Å². The molecule has 1 aromatic carbocycles. The number of fused-ring (bicyclic) bond motifs is 1. The molecular weight excluding hydrogens is 547 g/mol. The van der Waals surface area contributed by atoms with Crippen molar-refractivity contribution in [3.05, 3.63) is 76.4 Å². The van der Waals surface area contributed by atoms with E-state index in [4.69, 9.17) is 0 Å². The van der Waals surface area contributed by atoms with E-state index in [0.29, 0.717) is 16.8 Å². The molecule has 2 atom stereocenters. The number of carbonyl (C=O) groups is 1. The lowest BCUT2D eigenvalue weighted by Gasteiger charge is -2.28. The van der Waals surface area contributed by atoms with Crippen LogP contribution in [0.15, 0.2) is 47.6 Å². The fourth-order valence-corrected chi connectivity index (χ4v) is 5.54. The van der Waals surface area contributed by atoms with Crippen molar-refractivity contribution in [2.75, 3.05) is 10.7 Å². The van der Waals surface area contributed by atoms with Crippen molar-refractivity contribution in [3.8, 4) is 0 Å². The Hall–Kier alpha value is -3.58. The number of benzene rings is 1. The maximum Gasteiger partial charge on any atom is 0.433 e. The van der Waals surface area contributed by atoms with Gasteiger partial charge in [-0.05, 0) is 42.2 Å². The van der Waals surface area contributed by atoms with Crippen LogP contribution in [0.5, 0.6) is 0 Å². The van der Waals surface area contributed by atoms with Gasteiger partial charge in [-0.3, -0.25) is 9.78 Å². The molecular formula is C27H30F3N5O4S. The number of amides is 1. The Morgan fingerprint density at radius 2 is 1.82 bits per heavy atom. The summed E-state index contributed by atoms with van der Waals surface area (Å²) in [7, 11) is -3.32. The van der Waals surface area contributed by atoms with Crippen LogP contribution in [0.2, 0.25) is 0 Å². The Kier molecular flexibility index (Phi) is 8.18. The molecule has 1 aliphatic rings. The molecule has 9 nitrogen and oxygen atoms in total. The van der Waals surface area contributed by atoms with Crippen LogP contribution in [0.25, 0.3) is 0 Å². The molecule has 0 radical (unpaired) electrons. The van der Waals surface area contributed by atoms with E-state index >= 15 is 0 Å². The van der Waals surface area contributed by atoms with Gasteiger partial charge >= 0.3 is 6.18 Å². The Balaban J connectivity index is 1.55. The second kappa shape index (κ2) is 11.1. The summed E-state index contributed by atoms with van der Waals surface area (Å²) in [6.45, 7) is 6.90. The van der Waals surface area contributed by atoms with E-state index < -0.39 is 45.3 Å². The normalized spacial score (nSPS) is 16.2. The minimum Gasteiger partial charge on any atom is -0.389 e. The smallest absolute Gasteiger partial charge is 0.389 e. The molecule has 1 aliphatic heterocycles. The summed E-state index contributed by atoms with van der Waals surface area (Å²) in [5, 5.41) is 12.6. The van der Waals surface area contributed by atoms with E-state index in [-0.39, 0.29) is 41.2 Å². The van der Waals surface area contributed by atoms with Crippen molar-refractivity contribution in [2.45, 2.75) is 64.0 Å². The standard InChI is InChI=1S/C27H30F3N5O4S/c1-5-40(38,39)20-8-6-17(7-9-20)11-32-25(37)18-10-19-14-35(23(15(2)3)22(19)31-12-18)26-33-13-21(16(4)36)24(34-26)27(28,29)30/h6-10,12-13,15-16,23,36H,5,11,14H2,1-4H3,(H,32,37)/t16-,23+/m1/s1. The molecule has 40 heavy (non-hydrogen) atoms. The molecule has 0 unspecified atom stereocenters. The maximum absolute atomic E-state index is 13.7. The minimum absolute atomic E-state index is 0.00764. The minimum atomic E-state index is -4.78. The number of halogens is 3. The molecule has 0 saturated carbocycles. The van der Waals surface area contributed by atoms with Crippen LogP contribution in [-0.2, 0) is 29.1 Å². The number of hydrogen-bond donors (Lipinski definition) is 2. The Bertz CT molecular complexity index is 1510. The number of sulfone groups is 1. The molecule has 214 valence electrons. The van der Waals surface area contributed by atoms with E-state index in [1.807, 2.05) is 13.8 Å². The predicted octanol–water partition coefficient (Wildman–Crippen LogP) is 4.38. The zero-order valence-electron chi connectivity index (χ0n) is 22.4. The highest BCUT2D eigenvalue weighted by atomic mass is 32.2. The third-order valence-corrected chi connectivity index (χ3v) is 8.50. The SMILES string of the molecule is CCS(=O)(=O)c1ccc(CNC(=O)c2cnc3c(c2)CN(c2ncc([C@@H](C)O)c(C(F)(F)F)n2)[C@H]3C(C)C)cc1. The number of nitrogens with one attached hydrogen (secondary N) is 1.